The number of nitrogens with zero attached hydrogens (tertiary/aromatic N) is 1. The van der Waals surface area contributed by atoms with Crippen LogP contribution in [0.4, 0.5) is 0 Å². The smallest absolute Gasteiger partial charge is 0.493 e. The van der Waals surface area contributed by atoms with Crippen molar-refractivity contribution in [3.05, 3.63) is 42.2 Å². The Hall–Kier alpha value is -2.17. The van der Waals surface area contributed by atoms with E-state index in [0.717, 1.165) is 23.1 Å². The molecule has 0 aliphatic heterocycles. The van der Waals surface area contributed by atoms with Crippen LogP contribution >= 0.6 is 0 Å². The van der Waals surface area contributed by atoms with Crippen molar-refractivity contribution in [2.75, 3.05) is 26.9 Å². The molecule has 2 atom stereocenters. The minimum Gasteiger partial charge on any atom is -0.493 e. The summed E-state index contributed by atoms with van der Waals surface area (Å²) in [4.78, 5) is 4.32. The second-order valence-electron chi connectivity index (χ2n) is 8.70. The molecule has 9 heteroatoms. The molecule has 0 unspecified atom stereocenters. The summed E-state index contributed by atoms with van der Waals surface area (Å²) in [6.07, 6.45) is 4.22. The van der Waals surface area contributed by atoms with Crippen LogP contribution in [0.25, 0.3) is 11.1 Å². The van der Waals surface area contributed by atoms with Crippen LogP contribution in [0.1, 0.15) is 52.0 Å². The van der Waals surface area contributed by atoms with E-state index in [1.807, 2.05) is 31.2 Å². The van der Waals surface area contributed by atoms with Crippen LogP contribution in [0.2, 0.25) is 0 Å². The van der Waals surface area contributed by atoms with E-state index in [-0.39, 0.29) is 13.2 Å². The quantitative estimate of drug-likeness (QED) is 0.368. The molecule has 0 saturated heterocycles. The Morgan fingerprint density at radius 3 is 2.52 bits per heavy atom. The van der Waals surface area contributed by atoms with Gasteiger partial charge >= 0.3 is 7.32 Å². The molecule has 33 heavy (non-hydrogen) atoms. The zero-order valence-electron chi connectivity index (χ0n) is 20.2. The number of rotatable bonds is 14. The number of methoxy groups -OCH3 is 1. The van der Waals surface area contributed by atoms with Crippen molar-refractivity contribution in [2.45, 2.75) is 58.2 Å². The number of ether oxygens (including phenoxy) is 2. The highest BCUT2D eigenvalue weighted by atomic mass is 16.7. The van der Waals surface area contributed by atoms with Gasteiger partial charge in [0.15, 0.2) is 11.5 Å². The van der Waals surface area contributed by atoms with E-state index < -0.39 is 24.9 Å². The largest absolute Gasteiger partial charge is 0.636 e. The van der Waals surface area contributed by atoms with Crippen molar-refractivity contribution in [2.24, 2.45) is 0 Å². The van der Waals surface area contributed by atoms with Crippen LogP contribution in [0, 0.1) is 0 Å². The lowest BCUT2D eigenvalue weighted by atomic mass is 9.98. The van der Waals surface area contributed by atoms with Gasteiger partial charge < -0.3 is 34.0 Å². The van der Waals surface area contributed by atoms with Gasteiger partial charge in [0.05, 0.1) is 25.9 Å². The SMILES string of the molecule is CCCOc1cc(-c2cncc([C@H](CO)COB(O)O[C@H](C)CC(C)(C)O)c2)ccc1OC. The summed E-state index contributed by atoms with van der Waals surface area (Å²) in [6, 6.07) is 7.60. The standard InChI is InChI=1S/C24H36BNO7/c1-6-9-31-23-11-18(7-8-22(23)30-5)19-10-20(14-26-13-19)21(15-27)16-32-25(29)33-17(2)12-24(3,4)28/h7-8,10-11,13-14,17,21,27-29H,6,9,12,15-16H2,1-5H3/t17-,21-/m1/s1. The van der Waals surface area contributed by atoms with Gasteiger partial charge in [0.2, 0.25) is 0 Å². The predicted molar refractivity (Wildman–Crippen MR) is 127 cm³/mol. The highest BCUT2D eigenvalue weighted by molar-refractivity contribution is 6.34. The summed E-state index contributed by atoms with van der Waals surface area (Å²) >= 11 is 0. The molecule has 0 aliphatic carbocycles. The van der Waals surface area contributed by atoms with Gasteiger partial charge in [-0.3, -0.25) is 4.98 Å². The number of aliphatic hydroxyl groups excluding tert-OH is 1. The third-order valence-electron chi connectivity index (χ3n) is 4.99. The van der Waals surface area contributed by atoms with Crippen molar-refractivity contribution in [1.29, 1.82) is 0 Å². The van der Waals surface area contributed by atoms with Crippen LogP contribution in [-0.2, 0) is 9.31 Å². The van der Waals surface area contributed by atoms with Crippen LogP contribution in [0.5, 0.6) is 11.5 Å². The maximum absolute atomic E-state index is 10.0. The van der Waals surface area contributed by atoms with E-state index in [9.17, 15) is 15.2 Å². The van der Waals surface area contributed by atoms with Gasteiger partial charge in [0, 0.05) is 43.0 Å². The average Bonchev–Trinajstić information content (AvgIpc) is 2.76. The van der Waals surface area contributed by atoms with Gasteiger partial charge in [-0.05, 0) is 56.5 Å². The molecule has 0 amide bonds. The fourth-order valence-electron chi connectivity index (χ4n) is 3.46. The molecule has 0 radical (unpaired) electrons. The molecule has 0 aliphatic rings. The first-order chi connectivity index (χ1) is 15.7. The maximum atomic E-state index is 10.0. The first kappa shape index (κ1) is 27.1. The van der Waals surface area contributed by atoms with Crippen LogP contribution < -0.4 is 9.47 Å². The van der Waals surface area contributed by atoms with E-state index in [2.05, 4.69) is 4.98 Å². The van der Waals surface area contributed by atoms with Gasteiger partial charge in [-0.15, -0.1) is 0 Å². The maximum Gasteiger partial charge on any atom is 0.636 e. The number of aliphatic hydroxyl groups is 2. The minimum absolute atomic E-state index is 0.0332. The van der Waals surface area contributed by atoms with Crippen molar-refractivity contribution < 1.29 is 34.0 Å². The van der Waals surface area contributed by atoms with E-state index in [0.29, 0.717) is 24.5 Å². The molecule has 0 saturated carbocycles. The van der Waals surface area contributed by atoms with Gasteiger partial charge in [0.1, 0.15) is 0 Å². The molecule has 2 rings (SSSR count). The fraction of sp³-hybridized carbons (Fsp3) is 0.542. The molecule has 2 aromatic rings. The summed E-state index contributed by atoms with van der Waals surface area (Å²) in [5.41, 5.74) is 1.60. The monoisotopic (exact) mass is 461 g/mol. The number of hydrogen-bond donors (Lipinski definition) is 3. The number of pyridine rings is 1. The van der Waals surface area contributed by atoms with Gasteiger partial charge in [-0.25, -0.2) is 0 Å². The topological polar surface area (TPSA) is 111 Å². The molecule has 1 heterocycles. The van der Waals surface area contributed by atoms with E-state index >= 15 is 0 Å². The lowest BCUT2D eigenvalue weighted by molar-refractivity contribution is 0.0105. The average molecular weight is 461 g/mol. The molecule has 1 aromatic heterocycles. The molecule has 0 spiro atoms. The lowest BCUT2D eigenvalue weighted by Gasteiger charge is -2.24. The molecule has 0 fully saturated rings. The van der Waals surface area contributed by atoms with Gasteiger partial charge in [0.25, 0.3) is 0 Å². The highest BCUT2D eigenvalue weighted by Gasteiger charge is 2.25. The van der Waals surface area contributed by atoms with Crippen LogP contribution in [0.15, 0.2) is 36.7 Å². The molecule has 0 bridgehead atoms. The Balaban J connectivity index is 2.09. The first-order valence-corrected chi connectivity index (χ1v) is 11.2. The van der Waals surface area contributed by atoms with Gasteiger partial charge in [-0.1, -0.05) is 13.0 Å². The summed E-state index contributed by atoms with van der Waals surface area (Å²) in [6.45, 7) is 7.55. The number of benzene rings is 1. The summed E-state index contributed by atoms with van der Waals surface area (Å²) in [5.74, 6) is 0.907. The van der Waals surface area contributed by atoms with Gasteiger partial charge in [-0.2, -0.15) is 0 Å². The van der Waals surface area contributed by atoms with E-state index in [4.69, 9.17) is 18.8 Å². The zero-order valence-corrected chi connectivity index (χ0v) is 20.2. The second kappa shape index (κ2) is 12.9. The molecular weight excluding hydrogens is 425 g/mol. The highest BCUT2D eigenvalue weighted by Crippen LogP contribution is 2.33. The fourth-order valence-corrected chi connectivity index (χ4v) is 3.46. The lowest BCUT2D eigenvalue weighted by Crippen LogP contribution is -2.34. The summed E-state index contributed by atoms with van der Waals surface area (Å²) < 4.78 is 22.0. The second-order valence-corrected chi connectivity index (χ2v) is 8.70. The van der Waals surface area contributed by atoms with Crippen molar-refractivity contribution in [3.63, 3.8) is 0 Å². The van der Waals surface area contributed by atoms with Crippen LogP contribution in [0.3, 0.4) is 0 Å². The molecule has 1 aromatic carbocycles. The summed E-state index contributed by atoms with van der Waals surface area (Å²) in [5, 5.41) is 29.8. The number of hydrogen-bond acceptors (Lipinski definition) is 8. The van der Waals surface area contributed by atoms with E-state index in [1.165, 1.54) is 0 Å². The molecule has 3 N–H and O–H groups in total. The van der Waals surface area contributed by atoms with Crippen LogP contribution in [-0.4, -0.2) is 66.2 Å². The third kappa shape index (κ3) is 8.95. The summed E-state index contributed by atoms with van der Waals surface area (Å²) in [7, 11) is 0.137. The van der Waals surface area contributed by atoms with Crippen molar-refractivity contribution in [3.8, 4) is 22.6 Å². The number of aromatic nitrogens is 1. The van der Waals surface area contributed by atoms with Crippen molar-refractivity contribution >= 4 is 7.32 Å². The third-order valence-corrected chi connectivity index (χ3v) is 4.99. The van der Waals surface area contributed by atoms with Crippen molar-refractivity contribution in [1.82, 2.24) is 4.98 Å². The predicted octanol–water partition coefficient (Wildman–Crippen LogP) is 3.18. The normalized spacial score (nSPS) is 13.5. The molecule has 182 valence electrons. The Bertz CT molecular complexity index is 859. The molecular formula is C24H36BNO7. The Morgan fingerprint density at radius 1 is 1.12 bits per heavy atom. The molecule has 8 nitrogen and oxygen atoms in total. The zero-order chi connectivity index (χ0) is 24.4. The Morgan fingerprint density at radius 2 is 1.88 bits per heavy atom. The Labute approximate surface area is 196 Å². The Kier molecular flexibility index (Phi) is 10.6. The van der Waals surface area contributed by atoms with E-state index in [1.54, 1.807) is 40.3 Å². The minimum atomic E-state index is -1.47. The first-order valence-electron chi connectivity index (χ1n) is 11.2.